The van der Waals surface area contributed by atoms with E-state index in [1.54, 1.807) is 0 Å². The average molecular weight is 271 g/mol. The van der Waals surface area contributed by atoms with E-state index in [-0.39, 0.29) is 17.5 Å². The quantitative estimate of drug-likeness (QED) is 0.653. The topological polar surface area (TPSA) is 64.9 Å². The van der Waals surface area contributed by atoms with E-state index in [0.29, 0.717) is 0 Å². The molecule has 4 heteroatoms. The zero-order chi connectivity index (χ0) is 15.3. The second-order valence-electron chi connectivity index (χ2n) is 5.22. The van der Waals surface area contributed by atoms with Gasteiger partial charge in [-0.15, -0.1) is 0 Å². The zero-order valence-corrected chi connectivity index (χ0v) is 12.7. The molecule has 0 spiro atoms. The minimum Gasteiger partial charge on any atom is -0.360 e. The second-order valence-corrected chi connectivity index (χ2v) is 5.22. The maximum atomic E-state index is 11.8. The van der Waals surface area contributed by atoms with Crippen LogP contribution in [0.4, 0.5) is 5.69 Å². The number of nitrogens with one attached hydrogen (secondary N) is 2. The summed E-state index contributed by atoms with van der Waals surface area (Å²) in [6.07, 6.45) is 1.46. The fourth-order valence-electron chi connectivity index (χ4n) is 2.04. The SMILES string of the molecule is Cc1cc(C)c(N/C=C(/C#N)C(=O)NC(C)C)c(C)c1. The van der Waals surface area contributed by atoms with E-state index in [0.717, 1.165) is 16.8 Å². The Kier molecular flexibility index (Phi) is 5.33. The average Bonchev–Trinajstić information content (AvgIpc) is 2.31. The van der Waals surface area contributed by atoms with Crippen molar-refractivity contribution in [3.63, 3.8) is 0 Å². The molecule has 1 aromatic rings. The number of anilines is 1. The van der Waals surface area contributed by atoms with Gasteiger partial charge in [-0.2, -0.15) is 5.26 Å². The molecule has 0 aliphatic heterocycles. The third-order valence-electron chi connectivity index (χ3n) is 2.82. The van der Waals surface area contributed by atoms with Gasteiger partial charge in [0.05, 0.1) is 0 Å². The number of carbonyl (C=O) groups excluding carboxylic acids is 1. The number of rotatable bonds is 4. The lowest BCUT2D eigenvalue weighted by molar-refractivity contribution is -0.117. The Labute approximate surface area is 120 Å². The molecule has 0 bridgehead atoms. The molecule has 0 aromatic heterocycles. The summed E-state index contributed by atoms with van der Waals surface area (Å²) in [5, 5.41) is 14.8. The smallest absolute Gasteiger partial charge is 0.263 e. The standard InChI is InChI=1S/C16H21N3O/c1-10(2)19-16(20)14(8-17)9-18-15-12(4)6-11(3)7-13(15)5/h6-7,9-10,18H,1-5H3,(H,19,20)/b14-9-. The summed E-state index contributed by atoms with van der Waals surface area (Å²) in [7, 11) is 0. The van der Waals surface area contributed by atoms with Crippen LogP contribution in [0.3, 0.4) is 0 Å². The van der Waals surface area contributed by atoms with Crippen molar-refractivity contribution in [1.29, 1.82) is 5.26 Å². The lowest BCUT2D eigenvalue weighted by Gasteiger charge is -2.12. The number of hydrogen-bond donors (Lipinski definition) is 2. The monoisotopic (exact) mass is 271 g/mol. The van der Waals surface area contributed by atoms with Gasteiger partial charge in [0.2, 0.25) is 0 Å². The molecule has 0 saturated carbocycles. The van der Waals surface area contributed by atoms with Gasteiger partial charge in [-0.25, -0.2) is 0 Å². The predicted octanol–water partition coefficient (Wildman–Crippen LogP) is 2.96. The maximum Gasteiger partial charge on any atom is 0.263 e. The number of nitriles is 1. The normalized spacial score (nSPS) is 11.2. The molecule has 0 saturated heterocycles. The fourth-order valence-corrected chi connectivity index (χ4v) is 2.04. The summed E-state index contributed by atoms with van der Waals surface area (Å²) in [6.45, 7) is 9.74. The highest BCUT2D eigenvalue weighted by molar-refractivity contribution is 5.97. The molecule has 0 atom stereocenters. The van der Waals surface area contributed by atoms with Gasteiger partial charge in [0.15, 0.2) is 0 Å². The Morgan fingerprint density at radius 1 is 1.25 bits per heavy atom. The molecule has 20 heavy (non-hydrogen) atoms. The third-order valence-corrected chi connectivity index (χ3v) is 2.82. The summed E-state index contributed by atoms with van der Waals surface area (Å²) in [6, 6.07) is 6.03. The van der Waals surface area contributed by atoms with E-state index < -0.39 is 0 Å². The zero-order valence-electron chi connectivity index (χ0n) is 12.7. The third kappa shape index (κ3) is 4.13. The van der Waals surface area contributed by atoms with Gasteiger partial charge in [-0.3, -0.25) is 4.79 Å². The van der Waals surface area contributed by atoms with Gasteiger partial charge >= 0.3 is 0 Å². The molecule has 1 rings (SSSR count). The molecular weight excluding hydrogens is 250 g/mol. The molecule has 2 N–H and O–H groups in total. The van der Waals surface area contributed by atoms with Crippen LogP contribution in [0.15, 0.2) is 23.9 Å². The Bertz CT molecular complexity index is 557. The Balaban J connectivity index is 2.96. The first-order valence-electron chi connectivity index (χ1n) is 6.60. The van der Waals surface area contributed by atoms with Crippen LogP contribution >= 0.6 is 0 Å². The first-order chi connectivity index (χ1) is 9.35. The van der Waals surface area contributed by atoms with Crippen LogP contribution in [0.25, 0.3) is 0 Å². The van der Waals surface area contributed by atoms with Crippen LogP contribution in [0, 0.1) is 32.1 Å². The highest BCUT2D eigenvalue weighted by atomic mass is 16.1. The summed E-state index contributed by atoms with van der Waals surface area (Å²) < 4.78 is 0. The molecule has 1 aromatic carbocycles. The van der Waals surface area contributed by atoms with Crippen molar-refractivity contribution >= 4 is 11.6 Å². The van der Waals surface area contributed by atoms with Crippen LogP contribution in [-0.4, -0.2) is 11.9 Å². The molecule has 0 aliphatic rings. The van der Waals surface area contributed by atoms with E-state index in [1.807, 2.05) is 40.7 Å². The Morgan fingerprint density at radius 3 is 2.25 bits per heavy atom. The van der Waals surface area contributed by atoms with Crippen LogP contribution in [0.5, 0.6) is 0 Å². The lowest BCUT2D eigenvalue weighted by Crippen LogP contribution is -2.31. The van der Waals surface area contributed by atoms with Gasteiger partial charge in [0.1, 0.15) is 11.6 Å². The molecule has 0 aliphatic carbocycles. The Morgan fingerprint density at radius 2 is 1.80 bits per heavy atom. The number of benzene rings is 1. The number of aryl methyl sites for hydroxylation is 3. The lowest BCUT2D eigenvalue weighted by atomic mass is 10.1. The summed E-state index contributed by atoms with van der Waals surface area (Å²) in [4.78, 5) is 11.8. The summed E-state index contributed by atoms with van der Waals surface area (Å²) >= 11 is 0. The Hall–Kier alpha value is -2.28. The van der Waals surface area contributed by atoms with Crippen LogP contribution < -0.4 is 10.6 Å². The molecule has 4 nitrogen and oxygen atoms in total. The van der Waals surface area contributed by atoms with Gasteiger partial charge < -0.3 is 10.6 Å². The van der Waals surface area contributed by atoms with Crippen molar-refractivity contribution in [3.8, 4) is 6.07 Å². The molecule has 0 radical (unpaired) electrons. The number of nitrogens with zero attached hydrogens (tertiary/aromatic N) is 1. The van der Waals surface area contributed by atoms with Gasteiger partial charge in [-0.1, -0.05) is 17.7 Å². The van der Waals surface area contributed by atoms with Crippen molar-refractivity contribution in [1.82, 2.24) is 5.32 Å². The van der Waals surface area contributed by atoms with E-state index in [1.165, 1.54) is 11.8 Å². The van der Waals surface area contributed by atoms with Crippen molar-refractivity contribution in [2.75, 3.05) is 5.32 Å². The van der Waals surface area contributed by atoms with Crippen molar-refractivity contribution in [3.05, 3.63) is 40.6 Å². The van der Waals surface area contributed by atoms with E-state index in [9.17, 15) is 4.79 Å². The van der Waals surface area contributed by atoms with Crippen LogP contribution in [0.2, 0.25) is 0 Å². The summed E-state index contributed by atoms with van der Waals surface area (Å²) in [5.74, 6) is -0.364. The van der Waals surface area contributed by atoms with Gasteiger partial charge in [0, 0.05) is 17.9 Å². The van der Waals surface area contributed by atoms with E-state index in [4.69, 9.17) is 5.26 Å². The highest BCUT2D eigenvalue weighted by Crippen LogP contribution is 2.22. The molecule has 0 unspecified atom stereocenters. The van der Waals surface area contributed by atoms with Crippen molar-refractivity contribution in [2.45, 2.75) is 40.7 Å². The number of carbonyl (C=O) groups is 1. The van der Waals surface area contributed by atoms with Crippen LogP contribution in [-0.2, 0) is 4.79 Å². The first kappa shape index (κ1) is 15.8. The molecular formula is C16H21N3O. The van der Waals surface area contributed by atoms with Gasteiger partial charge in [0.25, 0.3) is 5.91 Å². The van der Waals surface area contributed by atoms with Crippen molar-refractivity contribution < 1.29 is 4.79 Å². The predicted molar refractivity (Wildman–Crippen MR) is 81.3 cm³/mol. The largest absolute Gasteiger partial charge is 0.360 e. The number of hydrogen-bond acceptors (Lipinski definition) is 3. The van der Waals surface area contributed by atoms with Crippen molar-refractivity contribution in [2.24, 2.45) is 0 Å². The van der Waals surface area contributed by atoms with Gasteiger partial charge in [-0.05, 0) is 45.7 Å². The minimum absolute atomic E-state index is 0.00194. The number of amides is 1. The molecule has 0 fully saturated rings. The van der Waals surface area contributed by atoms with E-state index in [2.05, 4.69) is 22.8 Å². The van der Waals surface area contributed by atoms with Crippen LogP contribution in [0.1, 0.15) is 30.5 Å². The molecule has 1 amide bonds. The minimum atomic E-state index is -0.364. The highest BCUT2D eigenvalue weighted by Gasteiger charge is 2.10. The second kappa shape index (κ2) is 6.76. The maximum absolute atomic E-state index is 11.8. The molecule has 0 heterocycles. The first-order valence-corrected chi connectivity index (χ1v) is 6.60. The molecule has 106 valence electrons. The van der Waals surface area contributed by atoms with E-state index >= 15 is 0 Å². The fraction of sp³-hybridized carbons (Fsp3) is 0.375. The summed E-state index contributed by atoms with van der Waals surface area (Å²) in [5.41, 5.74) is 4.35.